The van der Waals surface area contributed by atoms with E-state index < -0.39 is 11.2 Å². The molecule has 2 amide bonds. The summed E-state index contributed by atoms with van der Waals surface area (Å²) in [4.78, 5) is 56.7. The normalized spacial score (nSPS) is 18.9. The number of carbonyl (C=O) groups is 2. The van der Waals surface area contributed by atoms with Crippen LogP contribution >= 0.6 is 0 Å². The Morgan fingerprint density at radius 3 is 2.41 bits per heavy atom. The van der Waals surface area contributed by atoms with Crippen molar-refractivity contribution in [2.75, 3.05) is 26.2 Å². The molecule has 29 heavy (non-hydrogen) atoms. The molecule has 0 bridgehead atoms. The number of aryl methyl sites for hydroxylation is 1. The third-order valence-electron chi connectivity index (χ3n) is 6.19. The second-order valence-electron chi connectivity index (χ2n) is 7.92. The number of hydrogen-bond donors (Lipinski definition) is 1. The van der Waals surface area contributed by atoms with Crippen LogP contribution in [-0.2, 0) is 30.2 Å². The standard InChI is InChI=1S/C18H25N7O4/c1-21-16-14(17(28)22(2)18(21)29)25(10-20-16)9-13(26)24-7-12(8-24)23-5-3-11(4-6-23)15(19)27/h10-12H,3-9H2,1-2H3,(H2,19,27). The maximum Gasteiger partial charge on any atom is 0.332 e. The smallest absolute Gasteiger partial charge is 0.332 e. The lowest BCUT2D eigenvalue weighted by Crippen LogP contribution is -2.62. The molecule has 0 radical (unpaired) electrons. The summed E-state index contributed by atoms with van der Waals surface area (Å²) in [5.74, 6) is -0.369. The minimum absolute atomic E-state index is 0.000410. The number of amides is 2. The summed E-state index contributed by atoms with van der Waals surface area (Å²) in [7, 11) is 2.95. The van der Waals surface area contributed by atoms with E-state index in [0.29, 0.717) is 19.1 Å². The van der Waals surface area contributed by atoms with Crippen LogP contribution in [0, 0.1) is 5.92 Å². The van der Waals surface area contributed by atoms with Crippen LogP contribution in [-0.4, -0.2) is 72.5 Å². The molecule has 2 fully saturated rings. The molecule has 11 nitrogen and oxygen atoms in total. The maximum absolute atomic E-state index is 12.7. The van der Waals surface area contributed by atoms with Gasteiger partial charge in [-0.3, -0.25) is 28.4 Å². The van der Waals surface area contributed by atoms with Gasteiger partial charge in [-0.25, -0.2) is 9.78 Å². The molecule has 0 saturated carbocycles. The molecular weight excluding hydrogens is 378 g/mol. The Bertz CT molecular complexity index is 1080. The first-order valence-electron chi connectivity index (χ1n) is 9.70. The molecule has 4 heterocycles. The number of nitrogens with two attached hydrogens (primary N) is 1. The first-order valence-corrected chi connectivity index (χ1v) is 9.70. The van der Waals surface area contributed by atoms with Crippen LogP contribution in [0.3, 0.4) is 0 Å². The van der Waals surface area contributed by atoms with Gasteiger partial charge in [-0.05, 0) is 25.9 Å². The molecule has 2 saturated heterocycles. The van der Waals surface area contributed by atoms with E-state index in [1.165, 1.54) is 22.5 Å². The summed E-state index contributed by atoms with van der Waals surface area (Å²) in [5, 5.41) is 0. The first-order chi connectivity index (χ1) is 13.8. The first kappa shape index (κ1) is 19.4. The van der Waals surface area contributed by atoms with Crippen LogP contribution in [0.1, 0.15) is 12.8 Å². The molecule has 0 unspecified atom stereocenters. The molecule has 2 aliphatic rings. The van der Waals surface area contributed by atoms with Gasteiger partial charge in [0.2, 0.25) is 11.8 Å². The summed E-state index contributed by atoms with van der Waals surface area (Å²) in [5.41, 5.74) is 4.97. The molecule has 0 aliphatic carbocycles. The highest BCUT2D eigenvalue weighted by Crippen LogP contribution is 2.23. The SMILES string of the molecule is Cn1c(=O)c2c(ncn2CC(=O)N2CC(N3CCC(C(N)=O)CC3)C2)n(C)c1=O. The second-order valence-corrected chi connectivity index (χ2v) is 7.92. The molecule has 2 aliphatic heterocycles. The van der Waals surface area contributed by atoms with Gasteiger partial charge in [0.15, 0.2) is 11.2 Å². The molecule has 4 rings (SSSR count). The van der Waals surface area contributed by atoms with E-state index in [2.05, 4.69) is 9.88 Å². The number of imidazole rings is 1. The van der Waals surface area contributed by atoms with Crippen LogP contribution in [0.25, 0.3) is 11.2 Å². The Morgan fingerprint density at radius 1 is 1.14 bits per heavy atom. The second kappa shape index (κ2) is 7.14. The monoisotopic (exact) mass is 403 g/mol. The van der Waals surface area contributed by atoms with Gasteiger partial charge >= 0.3 is 5.69 Å². The van der Waals surface area contributed by atoms with Crippen molar-refractivity contribution in [1.29, 1.82) is 0 Å². The average Bonchev–Trinajstić information content (AvgIpc) is 3.07. The Morgan fingerprint density at radius 2 is 1.79 bits per heavy atom. The Hall–Kier alpha value is -2.95. The van der Waals surface area contributed by atoms with Crippen LogP contribution in [0.2, 0.25) is 0 Å². The molecule has 2 N–H and O–H groups in total. The van der Waals surface area contributed by atoms with Gasteiger partial charge < -0.3 is 15.2 Å². The van der Waals surface area contributed by atoms with Crippen molar-refractivity contribution in [2.24, 2.45) is 25.7 Å². The molecule has 11 heteroatoms. The average molecular weight is 403 g/mol. The number of nitrogens with zero attached hydrogens (tertiary/aromatic N) is 6. The third-order valence-corrected chi connectivity index (χ3v) is 6.19. The lowest BCUT2D eigenvalue weighted by molar-refractivity contribution is -0.139. The summed E-state index contributed by atoms with van der Waals surface area (Å²) in [6, 6.07) is 0.293. The van der Waals surface area contributed by atoms with E-state index in [1.54, 1.807) is 11.9 Å². The molecule has 2 aromatic heterocycles. The van der Waals surface area contributed by atoms with Crippen molar-refractivity contribution in [1.82, 2.24) is 28.5 Å². The van der Waals surface area contributed by atoms with Crippen LogP contribution in [0.4, 0.5) is 0 Å². The Kier molecular flexibility index (Phi) is 4.77. The van der Waals surface area contributed by atoms with E-state index in [4.69, 9.17) is 5.73 Å². The number of likely N-dealkylation sites (tertiary alicyclic amines) is 2. The van der Waals surface area contributed by atoms with Gasteiger partial charge in [0.1, 0.15) is 6.54 Å². The number of primary amides is 1. The number of fused-ring (bicyclic) bond motifs is 1. The maximum atomic E-state index is 12.7. The zero-order valence-electron chi connectivity index (χ0n) is 16.6. The summed E-state index contributed by atoms with van der Waals surface area (Å²) in [6.07, 6.45) is 2.96. The van der Waals surface area contributed by atoms with Gasteiger partial charge in [0.05, 0.1) is 6.33 Å². The van der Waals surface area contributed by atoms with Gasteiger partial charge in [-0.2, -0.15) is 0 Å². The van der Waals surface area contributed by atoms with Crippen LogP contribution in [0.5, 0.6) is 0 Å². The van der Waals surface area contributed by atoms with Gasteiger partial charge in [-0.15, -0.1) is 0 Å². The van der Waals surface area contributed by atoms with Crippen LogP contribution in [0.15, 0.2) is 15.9 Å². The molecule has 0 aromatic carbocycles. The highest BCUT2D eigenvalue weighted by atomic mass is 16.2. The predicted octanol–water partition coefficient (Wildman–Crippen LogP) is -2.16. The number of piperidine rings is 1. The van der Waals surface area contributed by atoms with E-state index >= 15 is 0 Å². The predicted molar refractivity (Wildman–Crippen MR) is 104 cm³/mol. The summed E-state index contributed by atoms with van der Waals surface area (Å²) in [6.45, 7) is 2.89. The van der Waals surface area contributed by atoms with E-state index in [0.717, 1.165) is 30.5 Å². The lowest BCUT2D eigenvalue weighted by atomic mass is 9.94. The number of rotatable bonds is 4. The van der Waals surface area contributed by atoms with Gasteiger partial charge in [0.25, 0.3) is 5.56 Å². The van der Waals surface area contributed by atoms with E-state index in [-0.39, 0.29) is 35.4 Å². The summed E-state index contributed by atoms with van der Waals surface area (Å²) >= 11 is 0. The largest absolute Gasteiger partial charge is 0.369 e. The van der Waals surface area contributed by atoms with Crippen molar-refractivity contribution in [2.45, 2.75) is 25.4 Å². The zero-order chi connectivity index (χ0) is 20.9. The van der Waals surface area contributed by atoms with Crippen molar-refractivity contribution >= 4 is 23.0 Å². The van der Waals surface area contributed by atoms with Crippen molar-refractivity contribution in [3.63, 3.8) is 0 Å². The highest BCUT2D eigenvalue weighted by Gasteiger charge is 2.37. The number of carbonyl (C=O) groups excluding carboxylic acids is 2. The Balaban J connectivity index is 1.40. The minimum Gasteiger partial charge on any atom is -0.369 e. The van der Waals surface area contributed by atoms with Gasteiger partial charge in [0, 0.05) is 39.1 Å². The third kappa shape index (κ3) is 3.24. The molecule has 156 valence electrons. The fourth-order valence-corrected chi connectivity index (χ4v) is 4.20. The Labute approximate surface area is 166 Å². The fourth-order valence-electron chi connectivity index (χ4n) is 4.20. The zero-order valence-corrected chi connectivity index (χ0v) is 16.6. The summed E-state index contributed by atoms with van der Waals surface area (Å²) < 4.78 is 3.82. The molecular formula is C18H25N7O4. The van der Waals surface area contributed by atoms with E-state index in [1.807, 2.05) is 0 Å². The van der Waals surface area contributed by atoms with Crippen molar-refractivity contribution in [3.05, 3.63) is 27.2 Å². The fraction of sp³-hybridized carbons (Fsp3) is 0.611. The minimum atomic E-state index is -0.466. The lowest BCUT2D eigenvalue weighted by Gasteiger charge is -2.47. The van der Waals surface area contributed by atoms with Gasteiger partial charge in [-0.1, -0.05) is 0 Å². The number of hydrogen-bond acceptors (Lipinski definition) is 6. The van der Waals surface area contributed by atoms with Crippen LogP contribution < -0.4 is 17.0 Å². The molecule has 0 spiro atoms. The van der Waals surface area contributed by atoms with E-state index in [9.17, 15) is 19.2 Å². The molecule has 0 atom stereocenters. The quantitative estimate of drug-likeness (QED) is 0.619. The van der Waals surface area contributed by atoms with Crippen molar-refractivity contribution < 1.29 is 9.59 Å². The number of aromatic nitrogens is 4. The topological polar surface area (TPSA) is 128 Å². The highest BCUT2D eigenvalue weighted by molar-refractivity contribution is 5.80. The molecule has 2 aromatic rings. The van der Waals surface area contributed by atoms with Crippen molar-refractivity contribution in [3.8, 4) is 0 Å².